The van der Waals surface area contributed by atoms with E-state index in [2.05, 4.69) is 10.3 Å². The van der Waals surface area contributed by atoms with Gasteiger partial charge in [0.25, 0.3) is 6.10 Å². The third-order valence-corrected chi connectivity index (χ3v) is 1.29. The predicted octanol–water partition coefficient (Wildman–Crippen LogP) is -0.335. The van der Waals surface area contributed by atoms with E-state index < -0.39 is 18.0 Å². The van der Waals surface area contributed by atoms with E-state index in [9.17, 15) is 19.5 Å². The molecule has 0 saturated carbocycles. The van der Waals surface area contributed by atoms with E-state index in [0.29, 0.717) is 6.61 Å². The number of carbonyl (C=O) groups is 3. The van der Waals surface area contributed by atoms with Crippen molar-refractivity contribution in [3.63, 3.8) is 0 Å². The first-order valence-corrected chi connectivity index (χ1v) is 4.77. The van der Waals surface area contributed by atoms with E-state index >= 15 is 0 Å². The van der Waals surface area contributed by atoms with Crippen molar-refractivity contribution >= 4 is 17.8 Å². The first kappa shape index (κ1) is 17.7. The monoisotopic (exact) mass is 250 g/mol. The summed E-state index contributed by atoms with van der Waals surface area (Å²) in [7, 11) is 0. The van der Waals surface area contributed by atoms with Crippen LogP contribution in [0, 0.1) is 5.92 Å². The molecule has 0 bridgehead atoms. The highest BCUT2D eigenvalue weighted by Crippen LogP contribution is 1.89. The molecule has 0 unspecified atom stereocenters. The lowest BCUT2D eigenvalue weighted by Crippen LogP contribution is -2.27. The first-order chi connectivity index (χ1) is 7.73. The maximum atomic E-state index is 10.7. The predicted molar refractivity (Wildman–Crippen MR) is 54.4 cm³/mol. The van der Waals surface area contributed by atoms with Crippen molar-refractivity contribution in [2.75, 3.05) is 6.61 Å². The quantitative estimate of drug-likeness (QED) is 0.451. The maximum Gasteiger partial charge on any atom is 0.348 e. The molecule has 3 N–H and O–H groups in total. The highest BCUT2D eigenvalue weighted by atomic mass is 16.6. The van der Waals surface area contributed by atoms with Crippen molar-refractivity contribution in [2.45, 2.75) is 26.9 Å². The smallest absolute Gasteiger partial charge is 0.348 e. The number of amides is 1. The lowest BCUT2D eigenvalue weighted by molar-refractivity contribution is -0.165. The first-order valence-electron chi connectivity index (χ1n) is 4.77. The molecule has 8 heteroatoms. The number of aliphatic carboxylic acids is 2. The molecular weight excluding hydrogens is 234 g/mol. The summed E-state index contributed by atoms with van der Waals surface area (Å²) in [5.74, 6) is -3.80. The number of nitrogens with one attached hydrogen (secondary N) is 1. The van der Waals surface area contributed by atoms with E-state index in [1.165, 1.54) is 0 Å². The standard InChI is InChI=1S/C6H13NO2.C3H3O5/c1-4-9-7-6(8)5(2)3;4-1(2(5)6)3(7)8/h5H,4H2,1-3H3,(H,7,8);1H,(H,5,6)(H,7,8). The molecule has 8 nitrogen and oxygen atoms in total. The molecule has 0 rings (SSSR count). The Labute approximate surface area is 98.1 Å². The Kier molecular flexibility index (Phi) is 9.95. The van der Waals surface area contributed by atoms with Crippen LogP contribution in [0.1, 0.15) is 20.8 Å². The Hall–Kier alpha value is -1.67. The summed E-state index contributed by atoms with van der Waals surface area (Å²) < 4.78 is 0. The summed E-state index contributed by atoms with van der Waals surface area (Å²) in [5.41, 5.74) is 2.29. The summed E-state index contributed by atoms with van der Waals surface area (Å²) in [6.07, 6.45) is -2.55. The van der Waals surface area contributed by atoms with Gasteiger partial charge >= 0.3 is 11.9 Å². The van der Waals surface area contributed by atoms with E-state index in [1.807, 2.05) is 20.8 Å². The van der Waals surface area contributed by atoms with Crippen LogP contribution in [0.5, 0.6) is 0 Å². The van der Waals surface area contributed by atoms with E-state index in [1.54, 1.807) is 0 Å². The summed E-state index contributed by atoms with van der Waals surface area (Å²) in [5, 5.41) is 25.0. The van der Waals surface area contributed by atoms with Gasteiger partial charge in [-0.15, -0.1) is 0 Å². The largest absolute Gasteiger partial charge is 0.479 e. The minimum atomic E-state index is -2.55. The molecule has 0 atom stereocenters. The summed E-state index contributed by atoms with van der Waals surface area (Å²) in [6.45, 7) is 5.96. The number of carboxylic acids is 2. The third-order valence-electron chi connectivity index (χ3n) is 1.29. The van der Waals surface area contributed by atoms with Crippen LogP contribution < -0.4 is 5.48 Å². The Bertz CT molecular complexity index is 250. The van der Waals surface area contributed by atoms with Crippen LogP contribution in [0.4, 0.5) is 0 Å². The number of rotatable bonds is 5. The molecule has 1 amide bonds. The minimum absolute atomic E-state index is 0.00319. The SMILES string of the molecule is CCONC(=O)C(C)C.[O]C(C(=O)O)C(=O)O. The number of hydroxylamine groups is 1. The Morgan fingerprint density at radius 3 is 1.76 bits per heavy atom. The Balaban J connectivity index is 0. The van der Waals surface area contributed by atoms with Crippen LogP contribution in [0.25, 0.3) is 0 Å². The average molecular weight is 250 g/mol. The van der Waals surface area contributed by atoms with Crippen LogP contribution >= 0.6 is 0 Å². The van der Waals surface area contributed by atoms with Gasteiger partial charge in [0.15, 0.2) is 0 Å². The van der Waals surface area contributed by atoms with Crippen molar-refractivity contribution in [1.82, 2.24) is 5.48 Å². The van der Waals surface area contributed by atoms with E-state index in [4.69, 9.17) is 10.2 Å². The molecule has 1 radical (unpaired) electrons. The zero-order valence-electron chi connectivity index (χ0n) is 9.80. The second kappa shape index (κ2) is 9.55. The fourth-order valence-corrected chi connectivity index (χ4v) is 0.367. The van der Waals surface area contributed by atoms with E-state index in [-0.39, 0.29) is 11.8 Å². The van der Waals surface area contributed by atoms with Crippen molar-refractivity contribution in [3.05, 3.63) is 0 Å². The highest BCUT2D eigenvalue weighted by Gasteiger charge is 2.23. The van der Waals surface area contributed by atoms with Crippen LogP contribution in [0.3, 0.4) is 0 Å². The number of hydrogen-bond acceptors (Lipinski definition) is 4. The molecule has 0 aromatic rings. The average Bonchev–Trinajstić information content (AvgIpc) is 2.25. The highest BCUT2D eigenvalue weighted by molar-refractivity contribution is 5.95. The molecule has 0 aliphatic rings. The van der Waals surface area contributed by atoms with Gasteiger partial charge in [-0.25, -0.2) is 20.2 Å². The molecule has 17 heavy (non-hydrogen) atoms. The van der Waals surface area contributed by atoms with Crippen LogP contribution in [0.2, 0.25) is 0 Å². The van der Waals surface area contributed by atoms with Crippen LogP contribution in [-0.4, -0.2) is 40.8 Å². The van der Waals surface area contributed by atoms with Crippen molar-refractivity contribution in [2.24, 2.45) is 5.92 Å². The Morgan fingerprint density at radius 2 is 1.59 bits per heavy atom. The van der Waals surface area contributed by atoms with Gasteiger partial charge in [-0.1, -0.05) is 13.8 Å². The molecule has 0 aromatic heterocycles. The second-order valence-corrected chi connectivity index (χ2v) is 3.11. The zero-order chi connectivity index (χ0) is 14.0. The van der Waals surface area contributed by atoms with Gasteiger partial charge < -0.3 is 10.2 Å². The summed E-state index contributed by atoms with van der Waals surface area (Å²) in [6, 6.07) is 0. The van der Waals surface area contributed by atoms with Crippen LogP contribution in [-0.2, 0) is 24.3 Å². The van der Waals surface area contributed by atoms with Gasteiger partial charge in [0.2, 0.25) is 5.91 Å². The molecule has 0 fully saturated rings. The molecule has 0 aliphatic carbocycles. The van der Waals surface area contributed by atoms with Gasteiger partial charge in [0.1, 0.15) is 0 Å². The van der Waals surface area contributed by atoms with Gasteiger partial charge in [-0.2, -0.15) is 0 Å². The van der Waals surface area contributed by atoms with Gasteiger partial charge in [0.05, 0.1) is 6.61 Å². The fraction of sp³-hybridized carbons (Fsp3) is 0.667. The van der Waals surface area contributed by atoms with Crippen molar-refractivity contribution < 1.29 is 34.5 Å². The van der Waals surface area contributed by atoms with Crippen LogP contribution in [0.15, 0.2) is 0 Å². The molecular formula is C9H16NO7. The molecule has 0 aromatic carbocycles. The van der Waals surface area contributed by atoms with Gasteiger partial charge in [-0.05, 0) is 6.92 Å². The lowest BCUT2D eigenvalue weighted by atomic mass is 10.2. The Morgan fingerprint density at radius 1 is 1.18 bits per heavy atom. The van der Waals surface area contributed by atoms with Gasteiger partial charge in [-0.3, -0.25) is 9.63 Å². The third kappa shape index (κ3) is 10.6. The van der Waals surface area contributed by atoms with Crippen molar-refractivity contribution in [1.29, 1.82) is 0 Å². The topological polar surface area (TPSA) is 133 Å². The molecule has 0 spiro atoms. The summed E-state index contributed by atoms with van der Waals surface area (Å²) >= 11 is 0. The second-order valence-electron chi connectivity index (χ2n) is 3.11. The molecule has 0 aliphatic heterocycles. The maximum absolute atomic E-state index is 10.7. The fourth-order valence-electron chi connectivity index (χ4n) is 0.367. The van der Waals surface area contributed by atoms with Gasteiger partial charge in [0, 0.05) is 5.92 Å². The molecule has 0 heterocycles. The zero-order valence-corrected chi connectivity index (χ0v) is 9.80. The number of carboxylic acid groups (broad SMARTS) is 2. The molecule has 99 valence electrons. The number of carbonyl (C=O) groups excluding carboxylic acids is 1. The van der Waals surface area contributed by atoms with Crippen molar-refractivity contribution in [3.8, 4) is 0 Å². The summed E-state index contributed by atoms with van der Waals surface area (Å²) in [4.78, 5) is 34.2. The van der Waals surface area contributed by atoms with E-state index in [0.717, 1.165) is 0 Å². The minimum Gasteiger partial charge on any atom is -0.479 e. The lowest BCUT2D eigenvalue weighted by Gasteiger charge is -2.04. The molecule has 0 saturated heterocycles. The normalized spacial score (nSPS) is 9.53. The number of hydrogen-bond donors (Lipinski definition) is 3.